The average Bonchev–Trinajstić information content (AvgIpc) is 3.10. The predicted molar refractivity (Wildman–Crippen MR) is 78.2 cm³/mol. The lowest BCUT2D eigenvalue weighted by Crippen LogP contribution is -2.29. The molecule has 96 valence electrons. The van der Waals surface area contributed by atoms with Crippen molar-refractivity contribution in [3.63, 3.8) is 0 Å². The first-order valence-electron chi connectivity index (χ1n) is 6.22. The van der Waals surface area contributed by atoms with Gasteiger partial charge in [0.1, 0.15) is 5.01 Å². The molecule has 0 aliphatic carbocycles. The number of nitrogens with one attached hydrogen (secondary N) is 1. The summed E-state index contributed by atoms with van der Waals surface area (Å²) in [5, 5.41) is 11.0. The zero-order chi connectivity index (χ0) is 12.4. The van der Waals surface area contributed by atoms with E-state index >= 15 is 0 Å². The second kappa shape index (κ2) is 5.48. The number of thiazole rings is 1. The number of thiophene rings is 1. The standard InChI is InChI=1S/C13H17N3S2/c1-14-11-2-4-16(6-11)7-12-9-18-13(15-12)10-3-5-17-8-10/h3,5,8-9,11,14H,2,4,6-7H2,1H3. The van der Waals surface area contributed by atoms with Gasteiger partial charge < -0.3 is 5.32 Å². The van der Waals surface area contributed by atoms with Crippen LogP contribution in [-0.4, -0.2) is 36.1 Å². The van der Waals surface area contributed by atoms with Crippen LogP contribution in [0.2, 0.25) is 0 Å². The summed E-state index contributed by atoms with van der Waals surface area (Å²) >= 11 is 3.48. The average molecular weight is 279 g/mol. The SMILES string of the molecule is CNC1CCN(Cc2csc(-c3ccsc3)n2)C1. The fourth-order valence-corrected chi connectivity index (χ4v) is 3.86. The second-order valence-corrected chi connectivity index (χ2v) is 6.30. The fraction of sp³-hybridized carbons (Fsp3) is 0.462. The van der Waals surface area contributed by atoms with Gasteiger partial charge in [-0.05, 0) is 24.9 Å². The Kier molecular flexibility index (Phi) is 3.75. The highest BCUT2D eigenvalue weighted by Crippen LogP contribution is 2.26. The molecule has 0 bridgehead atoms. The molecule has 18 heavy (non-hydrogen) atoms. The van der Waals surface area contributed by atoms with Crippen molar-refractivity contribution in [2.24, 2.45) is 0 Å². The Bertz CT molecular complexity index is 492. The molecule has 2 aromatic heterocycles. The van der Waals surface area contributed by atoms with Gasteiger partial charge in [-0.15, -0.1) is 11.3 Å². The molecule has 0 spiro atoms. The summed E-state index contributed by atoms with van der Waals surface area (Å²) in [5.74, 6) is 0. The molecule has 0 radical (unpaired) electrons. The second-order valence-electron chi connectivity index (χ2n) is 4.67. The number of rotatable bonds is 4. The fourth-order valence-electron chi connectivity index (χ4n) is 2.34. The van der Waals surface area contributed by atoms with Crippen molar-refractivity contribution in [3.05, 3.63) is 27.9 Å². The van der Waals surface area contributed by atoms with Gasteiger partial charge in [0.25, 0.3) is 0 Å². The molecule has 3 heterocycles. The molecule has 1 unspecified atom stereocenters. The number of aromatic nitrogens is 1. The maximum atomic E-state index is 4.73. The molecule has 0 aromatic carbocycles. The minimum Gasteiger partial charge on any atom is -0.316 e. The predicted octanol–water partition coefficient (Wildman–Crippen LogP) is 2.67. The van der Waals surface area contributed by atoms with E-state index in [1.807, 2.05) is 7.05 Å². The first kappa shape index (κ1) is 12.3. The molecule has 1 atom stereocenters. The van der Waals surface area contributed by atoms with Crippen molar-refractivity contribution in [2.75, 3.05) is 20.1 Å². The van der Waals surface area contributed by atoms with Crippen molar-refractivity contribution in [3.8, 4) is 10.6 Å². The van der Waals surface area contributed by atoms with Crippen LogP contribution in [0.25, 0.3) is 10.6 Å². The molecule has 5 heteroatoms. The number of nitrogens with zero attached hydrogens (tertiary/aromatic N) is 2. The van der Waals surface area contributed by atoms with Crippen LogP contribution in [0.1, 0.15) is 12.1 Å². The lowest BCUT2D eigenvalue weighted by molar-refractivity contribution is 0.319. The summed E-state index contributed by atoms with van der Waals surface area (Å²) < 4.78 is 0. The molecule has 0 amide bonds. The lowest BCUT2D eigenvalue weighted by Gasteiger charge is -2.13. The van der Waals surface area contributed by atoms with Crippen LogP contribution in [0.5, 0.6) is 0 Å². The number of likely N-dealkylation sites (tertiary alicyclic amines) is 1. The van der Waals surface area contributed by atoms with E-state index in [9.17, 15) is 0 Å². The molecule has 1 N–H and O–H groups in total. The van der Waals surface area contributed by atoms with Crippen LogP contribution in [0.3, 0.4) is 0 Å². The summed E-state index contributed by atoms with van der Waals surface area (Å²) in [6, 6.07) is 2.79. The van der Waals surface area contributed by atoms with Crippen molar-refractivity contribution in [2.45, 2.75) is 19.0 Å². The Balaban J connectivity index is 1.64. The van der Waals surface area contributed by atoms with Crippen molar-refractivity contribution < 1.29 is 0 Å². The van der Waals surface area contributed by atoms with Gasteiger partial charge in [0, 0.05) is 42.0 Å². The third-order valence-corrected chi connectivity index (χ3v) is 5.01. The summed E-state index contributed by atoms with van der Waals surface area (Å²) in [5.41, 5.74) is 2.46. The highest BCUT2D eigenvalue weighted by Gasteiger charge is 2.21. The first-order chi connectivity index (χ1) is 8.85. The number of hydrogen-bond donors (Lipinski definition) is 1. The van der Waals surface area contributed by atoms with Crippen LogP contribution in [-0.2, 0) is 6.54 Å². The summed E-state index contributed by atoms with van der Waals surface area (Å²) in [7, 11) is 2.05. The van der Waals surface area contributed by atoms with Crippen molar-refractivity contribution in [1.82, 2.24) is 15.2 Å². The van der Waals surface area contributed by atoms with Gasteiger partial charge in [-0.3, -0.25) is 4.90 Å². The molecule has 3 nitrogen and oxygen atoms in total. The quantitative estimate of drug-likeness (QED) is 0.932. The van der Waals surface area contributed by atoms with Crippen LogP contribution in [0.15, 0.2) is 22.2 Å². The minimum atomic E-state index is 0.653. The summed E-state index contributed by atoms with van der Waals surface area (Å²) in [6.45, 7) is 3.30. The van der Waals surface area contributed by atoms with Gasteiger partial charge in [-0.25, -0.2) is 4.98 Å². The molecule has 2 aromatic rings. The third-order valence-electron chi connectivity index (χ3n) is 3.39. The highest BCUT2D eigenvalue weighted by molar-refractivity contribution is 7.14. The van der Waals surface area contributed by atoms with E-state index in [4.69, 9.17) is 4.98 Å². The number of likely N-dealkylation sites (N-methyl/N-ethyl adjacent to an activating group) is 1. The van der Waals surface area contributed by atoms with Gasteiger partial charge in [0.05, 0.1) is 5.69 Å². The third kappa shape index (κ3) is 2.64. The Hall–Kier alpha value is -0.750. The molecule has 1 aliphatic heterocycles. The van der Waals surface area contributed by atoms with Gasteiger partial charge >= 0.3 is 0 Å². The van der Waals surface area contributed by atoms with Gasteiger partial charge in [0.15, 0.2) is 0 Å². The van der Waals surface area contributed by atoms with Gasteiger partial charge in [-0.1, -0.05) is 0 Å². The number of hydrogen-bond acceptors (Lipinski definition) is 5. The van der Waals surface area contributed by atoms with Crippen LogP contribution in [0, 0.1) is 0 Å². The summed E-state index contributed by atoms with van der Waals surface area (Å²) in [6.07, 6.45) is 1.25. The van der Waals surface area contributed by atoms with Gasteiger partial charge in [0.2, 0.25) is 0 Å². The van der Waals surface area contributed by atoms with E-state index in [0.29, 0.717) is 6.04 Å². The highest BCUT2D eigenvalue weighted by atomic mass is 32.1. The molecular weight excluding hydrogens is 262 g/mol. The van der Waals surface area contributed by atoms with Crippen molar-refractivity contribution in [1.29, 1.82) is 0 Å². The first-order valence-corrected chi connectivity index (χ1v) is 8.04. The van der Waals surface area contributed by atoms with E-state index in [2.05, 4.69) is 32.4 Å². The lowest BCUT2D eigenvalue weighted by atomic mass is 10.3. The van der Waals surface area contributed by atoms with Crippen LogP contribution >= 0.6 is 22.7 Å². The zero-order valence-corrected chi connectivity index (χ0v) is 12.1. The Labute approximate surface area is 115 Å². The molecule has 1 saturated heterocycles. The maximum absolute atomic E-state index is 4.73. The largest absolute Gasteiger partial charge is 0.316 e. The van der Waals surface area contributed by atoms with E-state index < -0.39 is 0 Å². The Morgan fingerprint density at radius 1 is 1.50 bits per heavy atom. The van der Waals surface area contributed by atoms with E-state index in [1.165, 1.54) is 24.2 Å². The maximum Gasteiger partial charge on any atom is 0.124 e. The van der Waals surface area contributed by atoms with Gasteiger partial charge in [-0.2, -0.15) is 11.3 Å². The smallest absolute Gasteiger partial charge is 0.124 e. The minimum absolute atomic E-state index is 0.653. The van der Waals surface area contributed by atoms with Crippen molar-refractivity contribution >= 4 is 22.7 Å². The van der Waals surface area contributed by atoms with E-state index in [1.54, 1.807) is 22.7 Å². The monoisotopic (exact) mass is 279 g/mol. The topological polar surface area (TPSA) is 28.2 Å². The molecular formula is C13H17N3S2. The molecule has 0 saturated carbocycles. The Morgan fingerprint density at radius 3 is 3.17 bits per heavy atom. The Morgan fingerprint density at radius 2 is 2.44 bits per heavy atom. The van der Waals surface area contributed by atoms with E-state index in [0.717, 1.165) is 18.1 Å². The zero-order valence-electron chi connectivity index (χ0n) is 10.4. The molecule has 3 rings (SSSR count). The summed E-state index contributed by atoms with van der Waals surface area (Å²) in [4.78, 5) is 7.21. The normalized spacial score (nSPS) is 20.6. The van der Waals surface area contributed by atoms with E-state index in [-0.39, 0.29) is 0 Å². The molecule has 1 aliphatic rings. The molecule has 1 fully saturated rings. The van der Waals surface area contributed by atoms with Crippen LogP contribution in [0.4, 0.5) is 0 Å². The van der Waals surface area contributed by atoms with Crippen LogP contribution < -0.4 is 5.32 Å².